The van der Waals surface area contributed by atoms with E-state index < -0.39 is 0 Å². The third-order valence-electron chi connectivity index (χ3n) is 3.07. The van der Waals surface area contributed by atoms with E-state index in [1.54, 1.807) is 0 Å². The number of rotatable bonds is 5. The van der Waals surface area contributed by atoms with Crippen molar-refractivity contribution < 1.29 is 9.84 Å². The second-order valence-electron chi connectivity index (χ2n) is 4.24. The van der Waals surface area contributed by atoms with E-state index in [0.717, 1.165) is 31.9 Å². The van der Waals surface area contributed by atoms with Gasteiger partial charge < -0.3 is 15.2 Å². The standard InChI is InChI=1S/C13H20N2O2/c16-11-12-10-14-6-7-15(12)8-9-17-13-4-2-1-3-5-13/h1-5,12,14,16H,6-11H2. The molecule has 1 aromatic rings. The maximum Gasteiger partial charge on any atom is 0.119 e. The molecule has 1 fully saturated rings. The van der Waals surface area contributed by atoms with Crippen LogP contribution >= 0.6 is 0 Å². The molecule has 1 aromatic carbocycles. The highest BCUT2D eigenvalue weighted by molar-refractivity contribution is 5.20. The number of nitrogens with one attached hydrogen (secondary N) is 1. The molecule has 0 radical (unpaired) electrons. The molecule has 1 saturated heterocycles. The lowest BCUT2D eigenvalue weighted by molar-refractivity contribution is 0.0868. The van der Waals surface area contributed by atoms with Crippen LogP contribution in [-0.2, 0) is 0 Å². The zero-order chi connectivity index (χ0) is 11.9. The van der Waals surface area contributed by atoms with Crippen LogP contribution < -0.4 is 10.1 Å². The summed E-state index contributed by atoms with van der Waals surface area (Å²) < 4.78 is 5.66. The Kier molecular flexibility index (Phi) is 4.79. The fraction of sp³-hybridized carbons (Fsp3) is 0.538. The fourth-order valence-electron chi connectivity index (χ4n) is 2.07. The molecule has 0 bridgehead atoms. The van der Waals surface area contributed by atoms with Crippen LogP contribution in [0, 0.1) is 0 Å². The van der Waals surface area contributed by atoms with E-state index in [9.17, 15) is 5.11 Å². The van der Waals surface area contributed by atoms with E-state index in [4.69, 9.17) is 4.74 Å². The lowest BCUT2D eigenvalue weighted by atomic mass is 10.2. The lowest BCUT2D eigenvalue weighted by Gasteiger charge is -2.34. The van der Waals surface area contributed by atoms with Crippen LogP contribution in [0.1, 0.15) is 0 Å². The van der Waals surface area contributed by atoms with Gasteiger partial charge in [-0.05, 0) is 12.1 Å². The summed E-state index contributed by atoms with van der Waals surface area (Å²) in [7, 11) is 0. The van der Waals surface area contributed by atoms with Gasteiger partial charge in [0.25, 0.3) is 0 Å². The molecule has 17 heavy (non-hydrogen) atoms. The molecule has 1 atom stereocenters. The minimum Gasteiger partial charge on any atom is -0.492 e. The number of benzene rings is 1. The molecule has 0 saturated carbocycles. The van der Waals surface area contributed by atoms with E-state index in [2.05, 4.69) is 10.2 Å². The molecule has 2 rings (SSSR count). The highest BCUT2D eigenvalue weighted by atomic mass is 16.5. The highest BCUT2D eigenvalue weighted by Crippen LogP contribution is 2.09. The van der Waals surface area contributed by atoms with E-state index in [-0.39, 0.29) is 12.6 Å². The van der Waals surface area contributed by atoms with Crippen LogP contribution in [0.2, 0.25) is 0 Å². The van der Waals surface area contributed by atoms with Crippen molar-refractivity contribution in [1.29, 1.82) is 0 Å². The molecular weight excluding hydrogens is 216 g/mol. The van der Waals surface area contributed by atoms with Gasteiger partial charge >= 0.3 is 0 Å². The molecule has 1 heterocycles. The number of nitrogens with zero attached hydrogens (tertiary/aromatic N) is 1. The monoisotopic (exact) mass is 236 g/mol. The molecule has 0 aromatic heterocycles. The minimum atomic E-state index is 0.207. The number of aliphatic hydroxyl groups is 1. The van der Waals surface area contributed by atoms with E-state index in [1.165, 1.54) is 0 Å². The Balaban J connectivity index is 1.74. The van der Waals surface area contributed by atoms with Crippen molar-refractivity contribution in [1.82, 2.24) is 10.2 Å². The molecule has 2 N–H and O–H groups in total. The van der Waals surface area contributed by atoms with Gasteiger partial charge in [0.2, 0.25) is 0 Å². The Hall–Kier alpha value is -1.10. The fourth-order valence-corrected chi connectivity index (χ4v) is 2.07. The van der Waals surface area contributed by atoms with Crippen molar-refractivity contribution in [2.75, 3.05) is 39.4 Å². The summed E-state index contributed by atoms with van der Waals surface area (Å²) in [5, 5.41) is 12.5. The van der Waals surface area contributed by atoms with E-state index in [0.29, 0.717) is 6.61 Å². The van der Waals surface area contributed by atoms with Crippen molar-refractivity contribution in [3.63, 3.8) is 0 Å². The smallest absolute Gasteiger partial charge is 0.119 e. The molecule has 0 aliphatic carbocycles. The maximum atomic E-state index is 9.26. The van der Waals surface area contributed by atoms with Gasteiger partial charge in [0.05, 0.1) is 6.61 Å². The Morgan fingerprint density at radius 3 is 2.94 bits per heavy atom. The van der Waals surface area contributed by atoms with Gasteiger partial charge in [-0.2, -0.15) is 0 Å². The van der Waals surface area contributed by atoms with Gasteiger partial charge in [0.15, 0.2) is 0 Å². The number of hydrogen-bond acceptors (Lipinski definition) is 4. The number of aliphatic hydroxyl groups excluding tert-OH is 1. The van der Waals surface area contributed by atoms with Gasteiger partial charge in [-0.1, -0.05) is 18.2 Å². The predicted molar refractivity (Wildman–Crippen MR) is 67.3 cm³/mol. The summed E-state index contributed by atoms with van der Waals surface area (Å²) in [4.78, 5) is 2.28. The summed E-state index contributed by atoms with van der Waals surface area (Å²) in [5.41, 5.74) is 0. The average Bonchev–Trinajstić information content (AvgIpc) is 2.40. The molecular formula is C13H20N2O2. The first-order valence-electron chi connectivity index (χ1n) is 6.13. The summed E-state index contributed by atoms with van der Waals surface area (Å²) in [5.74, 6) is 0.906. The quantitative estimate of drug-likeness (QED) is 0.773. The minimum absolute atomic E-state index is 0.207. The van der Waals surface area contributed by atoms with Gasteiger partial charge in [-0.3, -0.25) is 4.90 Å². The largest absolute Gasteiger partial charge is 0.492 e. The molecule has 94 valence electrons. The summed E-state index contributed by atoms with van der Waals surface area (Å²) >= 11 is 0. The van der Waals surface area contributed by atoms with Crippen LogP contribution in [0.25, 0.3) is 0 Å². The first kappa shape index (κ1) is 12.4. The van der Waals surface area contributed by atoms with Crippen LogP contribution in [0.3, 0.4) is 0 Å². The summed E-state index contributed by atoms with van der Waals surface area (Å²) in [6.45, 7) is 4.56. The second-order valence-corrected chi connectivity index (χ2v) is 4.24. The zero-order valence-electron chi connectivity index (χ0n) is 10.0. The molecule has 4 heteroatoms. The zero-order valence-corrected chi connectivity index (χ0v) is 10.0. The topological polar surface area (TPSA) is 44.7 Å². The first-order chi connectivity index (χ1) is 8.40. The second kappa shape index (κ2) is 6.59. The molecule has 1 aliphatic heterocycles. The van der Waals surface area contributed by atoms with E-state index in [1.807, 2.05) is 30.3 Å². The van der Waals surface area contributed by atoms with Gasteiger partial charge in [-0.25, -0.2) is 0 Å². The normalized spacial score (nSPS) is 21.4. The Morgan fingerprint density at radius 2 is 2.18 bits per heavy atom. The highest BCUT2D eigenvalue weighted by Gasteiger charge is 2.20. The number of para-hydroxylation sites is 1. The average molecular weight is 236 g/mol. The Bertz CT molecular complexity index is 318. The van der Waals surface area contributed by atoms with Crippen LogP contribution in [-0.4, -0.2) is 55.4 Å². The van der Waals surface area contributed by atoms with Crippen LogP contribution in [0.5, 0.6) is 5.75 Å². The van der Waals surface area contributed by atoms with Gasteiger partial charge in [0.1, 0.15) is 12.4 Å². The first-order valence-corrected chi connectivity index (χ1v) is 6.13. The van der Waals surface area contributed by atoms with Gasteiger partial charge in [-0.15, -0.1) is 0 Å². The van der Waals surface area contributed by atoms with E-state index >= 15 is 0 Å². The Labute approximate surface area is 102 Å². The van der Waals surface area contributed by atoms with Gasteiger partial charge in [0, 0.05) is 32.2 Å². The SMILES string of the molecule is OCC1CNCCN1CCOc1ccccc1. The molecule has 1 unspecified atom stereocenters. The van der Waals surface area contributed by atoms with Crippen molar-refractivity contribution in [3.8, 4) is 5.75 Å². The number of hydrogen-bond donors (Lipinski definition) is 2. The molecule has 0 amide bonds. The molecule has 0 spiro atoms. The van der Waals surface area contributed by atoms with Crippen LogP contribution in [0.4, 0.5) is 0 Å². The lowest BCUT2D eigenvalue weighted by Crippen LogP contribution is -2.53. The maximum absolute atomic E-state index is 9.26. The van der Waals surface area contributed by atoms with Crippen LogP contribution in [0.15, 0.2) is 30.3 Å². The summed E-state index contributed by atoms with van der Waals surface area (Å²) in [6, 6.07) is 10.1. The third kappa shape index (κ3) is 3.70. The number of ether oxygens (including phenoxy) is 1. The predicted octanol–water partition coefficient (Wildman–Crippen LogP) is 0.332. The van der Waals surface area contributed by atoms with Crippen molar-refractivity contribution >= 4 is 0 Å². The molecule has 4 nitrogen and oxygen atoms in total. The van der Waals surface area contributed by atoms with Crippen molar-refractivity contribution in [3.05, 3.63) is 30.3 Å². The summed E-state index contributed by atoms with van der Waals surface area (Å²) in [6.07, 6.45) is 0. The van der Waals surface area contributed by atoms with Crippen molar-refractivity contribution in [2.24, 2.45) is 0 Å². The van der Waals surface area contributed by atoms with Crippen molar-refractivity contribution in [2.45, 2.75) is 6.04 Å². The third-order valence-corrected chi connectivity index (χ3v) is 3.07. The number of piperazine rings is 1. The molecule has 1 aliphatic rings. The Morgan fingerprint density at radius 1 is 1.35 bits per heavy atom.